The molecule has 0 spiro atoms. The van der Waals surface area contributed by atoms with Gasteiger partial charge in [-0.1, -0.05) is 0 Å². The van der Waals surface area contributed by atoms with Gasteiger partial charge in [-0.05, 0) is 33.2 Å². The minimum atomic E-state index is -0.349. The maximum atomic E-state index is 10.1. The fourth-order valence-corrected chi connectivity index (χ4v) is 1.48. The van der Waals surface area contributed by atoms with E-state index in [0.29, 0.717) is 12.5 Å². The predicted octanol–water partition coefficient (Wildman–Crippen LogP) is 1.11. The van der Waals surface area contributed by atoms with Crippen molar-refractivity contribution in [3.8, 4) is 0 Å². The van der Waals surface area contributed by atoms with Crippen molar-refractivity contribution >= 4 is 18.9 Å². The fourth-order valence-electron chi connectivity index (χ4n) is 1.48. The Morgan fingerprint density at radius 3 is 2.67 bits per heavy atom. The van der Waals surface area contributed by atoms with Gasteiger partial charge >= 0.3 is 0 Å². The Morgan fingerprint density at radius 2 is 2.25 bits per heavy atom. The molecular formula is C8H16ClNO2. The highest BCUT2D eigenvalue weighted by molar-refractivity contribution is 5.85. The highest BCUT2D eigenvalue weighted by Gasteiger charge is 2.32. The number of halogens is 1. The van der Waals surface area contributed by atoms with E-state index in [1.54, 1.807) is 0 Å². The Balaban J connectivity index is 0.00000121. The standard InChI is InChI=1S/C8H15NO2.ClH/c1-8(2,11-6-10)7-4-3-5-9-7;/h6-7,9H,3-5H2,1-2H3;1H. The summed E-state index contributed by atoms with van der Waals surface area (Å²) < 4.78 is 4.97. The molecule has 0 bridgehead atoms. The van der Waals surface area contributed by atoms with Gasteiger partial charge in [0.1, 0.15) is 5.60 Å². The van der Waals surface area contributed by atoms with Crippen molar-refractivity contribution in [1.82, 2.24) is 5.32 Å². The molecule has 1 saturated heterocycles. The predicted molar refractivity (Wildman–Crippen MR) is 49.5 cm³/mol. The summed E-state index contributed by atoms with van der Waals surface area (Å²) in [5, 5.41) is 3.30. The number of carbonyl (C=O) groups excluding carboxylic acids is 1. The molecule has 1 aliphatic heterocycles. The van der Waals surface area contributed by atoms with Gasteiger partial charge in [0.25, 0.3) is 6.47 Å². The van der Waals surface area contributed by atoms with Crippen LogP contribution in [-0.2, 0) is 9.53 Å². The second-order valence-corrected chi connectivity index (χ2v) is 3.47. The van der Waals surface area contributed by atoms with Gasteiger partial charge in [0.15, 0.2) is 0 Å². The first-order valence-electron chi connectivity index (χ1n) is 4.01. The lowest BCUT2D eigenvalue weighted by Crippen LogP contribution is -2.44. The zero-order chi connectivity index (χ0) is 8.32. The topological polar surface area (TPSA) is 38.3 Å². The van der Waals surface area contributed by atoms with Gasteiger partial charge in [0.2, 0.25) is 0 Å². The molecule has 4 heteroatoms. The molecule has 1 unspecified atom stereocenters. The van der Waals surface area contributed by atoms with E-state index < -0.39 is 0 Å². The molecule has 0 radical (unpaired) electrons. The van der Waals surface area contributed by atoms with Crippen molar-refractivity contribution in [3.63, 3.8) is 0 Å². The van der Waals surface area contributed by atoms with Crippen LogP contribution in [0.2, 0.25) is 0 Å². The molecule has 1 N–H and O–H groups in total. The Labute approximate surface area is 79.3 Å². The van der Waals surface area contributed by atoms with E-state index in [2.05, 4.69) is 5.32 Å². The SMILES string of the molecule is CC(C)(OC=O)C1CCCN1.Cl. The van der Waals surface area contributed by atoms with Crippen LogP contribution in [0.3, 0.4) is 0 Å². The van der Waals surface area contributed by atoms with Crippen molar-refractivity contribution in [2.24, 2.45) is 0 Å². The summed E-state index contributed by atoms with van der Waals surface area (Å²) in [6, 6.07) is 0.327. The Morgan fingerprint density at radius 1 is 1.58 bits per heavy atom. The molecule has 0 aromatic rings. The van der Waals surface area contributed by atoms with Crippen LogP contribution in [0.5, 0.6) is 0 Å². The third-order valence-electron chi connectivity index (χ3n) is 2.25. The van der Waals surface area contributed by atoms with E-state index in [0.717, 1.165) is 13.0 Å². The summed E-state index contributed by atoms with van der Waals surface area (Å²) >= 11 is 0. The minimum Gasteiger partial charge on any atom is -0.460 e. The summed E-state index contributed by atoms with van der Waals surface area (Å²) in [4.78, 5) is 10.1. The van der Waals surface area contributed by atoms with Crippen molar-refractivity contribution in [2.45, 2.75) is 38.3 Å². The average molecular weight is 194 g/mol. The van der Waals surface area contributed by atoms with Gasteiger partial charge in [0, 0.05) is 6.04 Å². The molecule has 12 heavy (non-hydrogen) atoms. The van der Waals surface area contributed by atoms with Gasteiger partial charge in [-0.15, -0.1) is 12.4 Å². The van der Waals surface area contributed by atoms with E-state index in [-0.39, 0.29) is 18.0 Å². The zero-order valence-corrected chi connectivity index (χ0v) is 8.32. The monoisotopic (exact) mass is 193 g/mol. The Hall–Kier alpha value is -0.280. The van der Waals surface area contributed by atoms with Gasteiger partial charge in [-0.3, -0.25) is 4.79 Å². The summed E-state index contributed by atoms with van der Waals surface area (Å²) in [5.41, 5.74) is -0.349. The number of rotatable bonds is 3. The molecule has 1 heterocycles. The van der Waals surface area contributed by atoms with E-state index in [4.69, 9.17) is 4.74 Å². The maximum absolute atomic E-state index is 10.1. The highest BCUT2D eigenvalue weighted by atomic mass is 35.5. The maximum Gasteiger partial charge on any atom is 0.293 e. The third kappa shape index (κ3) is 2.64. The lowest BCUT2D eigenvalue weighted by Gasteiger charge is -2.29. The number of carbonyl (C=O) groups is 1. The first kappa shape index (κ1) is 11.7. The van der Waals surface area contributed by atoms with Gasteiger partial charge in [-0.2, -0.15) is 0 Å². The van der Waals surface area contributed by atoms with Crippen molar-refractivity contribution in [1.29, 1.82) is 0 Å². The van der Waals surface area contributed by atoms with Crippen molar-refractivity contribution in [2.75, 3.05) is 6.54 Å². The highest BCUT2D eigenvalue weighted by Crippen LogP contribution is 2.21. The molecule has 3 nitrogen and oxygen atoms in total. The molecule has 0 aliphatic carbocycles. The number of hydrogen-bond donors (Lipinski definition) is 1. The summed E-state index contributed by atoms with van der Waals surface area (Å²) in [6.45, 7) is 5.44. The van der Waals surface area contributed by atoms with Crippen LogP contribution in [0, 0.1) is 0 Å². The number of ether oxygens (including phenoxy) is 1. The van der Waals surface area contributed by atoms with Crippen LogP contribution in [0.4, 0.5) is 0 Å². The molecule has 1 aliphatic rings. The first-order chi connectivity index (χ1) is 5.17. The normalized spacial score (nSPS) is 23.0. The molecular weight excluding hydrogens is 178 g/mol. The third-order valence-corrected chi connectivity index (χ3v) is 2.25. The number of nitrogens with one attached hydrogen (secondary N) is 1. The lowest BCUT2D eigenvalue weighted by molar-refractivity contribution is -0.142. The van der Waals surface area contributed by atoms with E-state index >= 15 is 0 Å². The van der Waals surface area contributed by atoms with Gasteiger partial charge < -0.3 is 10.1 Å². The number of hydrogen-bond acceptors (Lipinski definition) is 3. The second-order valence-electron chi connectivity index (χ2n) is 3.47. The van der Waals surface area contributed by atoms with Crippen LogP contribution in [0.25, 0.3) is 0 Å². The Bertz CT molecular complexity index is 144. The molecule has 1 atom stereocenters. The second kappa shape index (κ2) is 4.67. The van der Waals surface area contributed by atoms with Crippen LogP contribution in [0.15, 0.2) is 0 Å². The minimum absolute atomic E-state index is 0. The van der Waals surface area contributed by atoms with Crippen LogP contribution >= 0.6 is 12.4 Å². The Kier molecular flexibility index (Phi) is 4.57. The molecule has 72 valence electrons. The molecule has 0 aromatic carbocycles. The van der Waals surface area contributed by atoms with Crippen molar-refractivity contribution < 1.29 is 9.53 Å². The molecule has 1 rings (SSSR count). The quantitative estimate of drug-likeness (QED) is 0.683. The van der Waals surface area contributed by atoms with Crippen molar-refractivity contribution in [3.05, 3.63) is 0 Å². The smallest absolute Gasteiger partial charge is 0.293 e. The largest absolute Gasteiger partial charge is 0.460 e. The average Bonchev–Trinajstić information content (AvgIpc) is 2.37. The van der Waals surface area contributed by atoms with E-state index in [1.165, 1.54) is 6.42 Å². The molecule has 0 amide bonds. The van der Waals surface area contributed by atoms with Gasteiger partial charge in [-0.25, -0.2) is 0 Å². The molecule has 0 aromatic heterocycles. The van der Waals surface area contributed by atoms with E-state index in [9.17, 15) is 4.79 Å². The van der Waals surface area contributed by atoms with Crippen LogP contribution < -0.4 is 5.32 Å². The zero-order valence-electron chi connectivity index (χ0n) is 7.50. The summed E-state index contributed by atoms with van der Waals surface area (Å²) in [7, 11) is 0. The van der Waals surface area contributed by atoms with Crippen LogP contribution in [-0.4, -0.2) is 24.7 Å². The molecule has 1 fully saturated rings. The van der Waals surface area contributed by atoms with E-state index in [1.807, 2.05) is 13.8 Å². The van der Waals surface area contributed by atoms with Crippen LogP contribution in [0.1, 0.15) is 26.7 Å². The van der Waals surface area contributed by atoms with Gasteiger partial charge in [0.05, 0.1) is 0 Å². The summed E-state index contributed by atoms with van der Waals surface area (Å²) in [5.74, 6) is 0. The molecule has 0 saturated carbocycles. The summed E-state index contributed by atoms with van der Waals surface area (Å²) in [6.07, 6.45) is 2.27. The fraction of sp³-hybridized carbons (Fsp3) is 0.875. The first-order valence-corrected chi connectivity index (χ1v) is 4.01. The lowest BCUT2D eigenvalue weighted by atomic mass is 9.97.